The van der Waals surface area contributed by atoms with Gasteiger partial charge >= 0.3 is 0 Å². The SMILES string of the molecule is Cc1ccc(-c2nnn(CC(=O)N(c3ccccc3)[C@H](C(=O)NC3CCCCC3)c3ccncc3)n2)o1. The molecule has 0 aliphatic heterocycles. The molecule has 0 spiro atoms. The molecule has 1 saturated carbocycles. The van der Waals surface area contributed by atoms with Crippen LogP contribution in [0.4, 0.5) is 5.69 Å². The number of carbonyl (C=O) groups is 2. The number of nitrogens with zero attached hydrogens (tertiary/aromatic N) is 6. The number of pyridine rings is 1. The highest BCUT2D eigenvalue weighted by Crippen LogP contribution is 2.29. The molecule has 0 saturated heterocycles. The van der Waals surface area contributed by atoms with E-state index in [0.717, 1.165) is 31.4 Å². The Morgan fingerprint density at radius 2 is 1.81 bits per heavy atom. The van der Waals surface area contributed by atoms with Gasteiger partial charge in [0.15, 0.2) is 5.76 Å². The van der Waals surface area contributed by atoms with Crippen molar-refractivity contribution in [2.24, 2.45) is 0 Å². The lowest BCUT2D eigenvalue weighted by Crippen LogP contribution is -2.48. The van der Waals surface area contributed by atoms with E-state index in [1.54, 1.807) is 30.6 Å². The molecule has 10 heteroatoms. The van der Waals surface area contributed by atoms with Crippen LogP contribution >= 0.6 is 0 Å². The van der Waals surface area contributed by atoms with E-state index in [1.807, 2.05) is 43.3 Å². The number of hydrogen-bond donors (Lipinski definition) is 1. The molecule has 1 aliphatic rings. The third kappa shape index (κ3) is 5.74. The minimum atomic E-state index is -0.893. The zero-order valence-electron chi connectivity index (χ0n) is 20.7. The summed E-state index contributed by atoms with van der Waals surface area (Å²) in [7, 11) is 0. The molecule has 1 aromatic carbocycles. The summed E-state index contributed by atoms with van der Waals surface area (Å²) in [5.74, 6) is 0.896. The Kier molecular flexibility index (Phi) is 7.34. The van der Waals surface area contributed by atoms with Crippen LogP contribution in [0.2, 0.25) is 0 Å². The molecule has 1 aliphatic carbocycles. The highest BCUT2D eigenvalue weighted by Gasteiger charge is 2.34. The summed E-state index contributed by atoms with van der Waals surface area (Å²) < 4.78 is 5.57. The molecule has 1 fully saturated rings. The van der Waals surface area contributed by atoms with Crippen molar-refractivity contribution in [1.29, 1.82) is 0 Å². The van der Waals surface area contributed by atoms with E-state index in [-0.39, 0.29) is 30.2 Å². The summed E-state index contributed by atoms with van der Waals surface area (Å²) in [6.07, 6.45) is 8.47. The van der Waals surface area contributed by atoms with Gasteiger partial charge in [-0.1, -0.05) is 37.5 Å². The fourth-order valence-corrected chi connectivity index (χ4v) is 4.68. The number of benzene rings is 1. The van der Waals surface area contributed by atoms with Crippen molar-refractivity contribution >= 4 is 17.5 Å². The Balaban J connectivity index is 1.46. The summed E-state index contributed by atoms with van der Waals surface area (Å²) in [6, 6.07) is 15.5. The molecule has 37 heavy (non-hydrogen) atoms. The maximum Gasteiger partial charge on any atom is 0.251 e. The zero-order chi connectivity index (χ0) is 25.6. The van der Waals surface area contributed by atoms with Crippen LogP contribution in [-0.4, -0.2) is 43.0 Å². The van der Waals surface area contributed by atoms with E-state index in [1.165, 1.54) is 16.1 Å². The van der Waals surface area contributed by atoms with E-state index in [2.05, 4.69) is 25.7 Å². The molecule has 3 heterocycles. The molecule has 1 N–H and O–H groups in total. The van der Waals surface area contributed by atoms with E-state index >= 15 is 0 Å². The Hall–Kier alpha value is -4.34. The highest BCUT2D eigenvalue weighted by atomic mass is 16.3. The molecule has 0 radical (unpaired) electrons. The van der Waals surface area contributed by atoms with E-state index in [0.29, 0.717) is 17.0 Å². The summed E-state index contributed by atoms with van der Waals surface area (Å²) in [5, 5.41) is 15.6. The fraction of sp³-hybridized carbons (Fsp3) is 0.333. The first-order valence-electron chi connectivity index (χ1n) is 12.5. The number of amides is 2. The van der Waals surface area contributed by atoms with Gasteiger partial charge in [0.2, 0.25) is 11.7 Å². The molecule has 10 nitrogen and oxygen atoms in total. The van der Waals surface area contributed by atoms with Crippen molar-refractivity contribution in [3.63, 3.8) is 0 Å². The smallest absolute Gasteiger partial charge is 0.251 e. The molecule has 5 rings (SSSR count). The van der Waals surface area contributed by atoms with Crippen LogP contribution in [0.3, 0.4) is 0 Å². The zero-order valence-corrected chi connectivity index (χ0v) is 20.7. The number of furan rings is 1. The van der Waals surface area contributed by atoms with Crippen LogP contribution in [0, 0.1) is 6.92 Å². The number of aromatic nitrogens is 5. The maximum absolute atomic E-state index is 13.9. The van der Waals surface area contributed by atoms with Gasteiger partial charge in [-0.2, -0.15) is 4.80 Å². The third-order valence-electron chi connectivity index (χ3n) is 6.47. The average molecular weight is 500 g/mol. The number of rotatable bonds is 8. The van der Waals surface area contributed by atoms with Crippen molar-refractivity contribution < 1.29 is 14.0 Å². The van der Waals surface area contributed by atoms with Crippen LogP contribution in [0.25, 0.3) is 11.6 Å². The molecule has 0 unspecified atom stereocenters. The first-order chi connectivity index (χ1) is 18.1. The third-order valence-corrected chi connectivity index (χ3v) is 6.47. The number of para-hydroxylation sites is 1. The van der Waals surface area contributed by atoms with E-state index in [9.17, 15) is 9.59 Å². The van der Waals surface area contributed by atoms with Crippen LogP contribution < -0.4 is 10.2 Å². The van der Waals surface area contributed by atoms with Crippen LogP contribution in [0.5, 0.6) is 0 Å². The lowest BCUT2D eigenvalue weighted by Gasteiger charge is -2.33. The summed E-state index contributed by atoms with van der Waals surface area (Å²) in [5.41, 5.74) is 1.26. The number of anilines is 1. The second kappa shape index (κ2) is 11.2. The number of carbonyl (C=O) groups excluding carboxylic acids is 2. The van der Waals surface area contributed by atoms with Crippen molar-refractivity contribution in [3.05, 3.63) is 78.3 Å². The molecule has 190 valence electrons. The van der Waals surface area contributed by atoms with Crippen LogP contribution in [0.1, 0.15) is 49.5 Å². The quantitative estimate of drug-likeness (QED) is 0.391. The van der Waals surface area contributed by atoms with Crippen LogP contribution in [0.15, 0.2) is 71.4 Å². The van der Waals surface area contributed by atoms with Gasteiger partial charge in [-0.05, 0) is 66.9 Å². The van der Waals surface area contributed by atoms with Gasteiger partial charge < -0.3 is 9.73 Å². The Labute approximate surface area is 214 Å². The predicted octanol–water partition coefficient (Wildman–Crippen LogP) is 3.86. The minimum Gasteiger partial charge on any atom is -0.458 e. The first-order valence-corrected chi connectivity index (χ1v) is 12.5. The molecule has 2 amide bonds. The van der Waals surface area contributed by atoms with Gasteiger partial charge in [0.1, 0.15) is 18.3 Å². The van der Waals surface area contributed by atoms with Gasteiger partial charge in [0.25, 0.3) is 5.91 Å². The van der Waals surface area contributed by atoms with Gasteiger partial charge in [0, 0.05) is 24.1 Å². The summed E-state index contributed by atoms with van der Waals surface area (Å²) >= 11 is 0. The summed E-state index contributed by atoms with van der Waals surface area (Å²) in [4.78, 5) is 34.5. The standard InChI is InChI=1S/C27H29N7O3/c1-19-12-13-23(37-19)26-30-32-33(31-26)18-24(35)34(22-10-6-3-7-11-22)25(20-14-16-28-17-15-20)27(36)29-21-8-4-2-5-9-21/h3,6-7,10-17,21,25H,2,4-5,8-9,18H2,1H3,(H,29,36)/t25-/m0/s1. The Morgan fingerprint density at radius 1 is 1.05 bits per heavy atom. The molecule has 4 aromatic rings. The second-order valence-electron chi connectivity index (χ2n) is 9.18. The second-order valence-corrected chi connectivity index (χ2v) is 9.18. The highest BCUT2D eigenvalue weighted by molar-refractivity contribution is 6.01. The molecular weight excluding hydrogens is 470 g/mol. The summed E-state index contributed by atoms with van der Waals surface area (Å²) in [6.45, 7) is 1.62. The van der Waals surface area contributed by atoms with Gasteiger partial charge in [-0.25, -0.2) is 0 Å². The number of nitrogens with one attached hydrogen (secondary N) is 1. The lowest BCUT2D eigenvalue weighted by molar-refractivity contribution is -0.127. The van der Waals surface area contributed by atoms with E-state index < -0.39 is 6.04 Å². The molecular formula is C27H29N7O3. The minimum absolute atomic E-state index is 0.0922. The predicted molar refractivity (Wildman–Crippen MR) is 136 cm³/mol. The molecule has 0 bridgehead atoms. The largest absolute Gasteiger partial charge is 0.458 e. The van der Waals surface area contributed by atoms with Gasteiger partial charge in [0.05, 0.1) is 0 Å². The maximum atomic E-state index is 13.9. The monoisotopic (exact) mass is 499 g/mol. The normalized spacial score (nSPS) is 14.7. The van der Waals surface area contributed by atoms with Crippen molar-refractivity contribution in [2.45, 2.75) is 57.7 Å². The van der Waals surface area contributed by atoms with Crippen molar-refractivity contribution in [1.82, 2.24) is 30.5 Å². The number of tetrazole rings is 1. The van der Waals surface area contributed by atoms with Gasteiger partial charge in [-0.3, -0.25) is 19.5 Å². The van der Waals surface area contributed by atoms with Crippen molar-refractivity contribution in [3.8, 4) is 11.6 Å². The number of hydrogen-bond acceptors (Lipinski definition) is 7. The fourth-order valence-electron chi connectivity index (χ4n) is 4.68. The number of aryl methyl sites for hydroxylation is 1. The molecule has 1 atom stereocenters. The van der Waals surface area contributed by atoms with E-state index in [4.69, 9.17) is 4.42 Å². The lowest BCUT2D eigenvalue weighted by atomic mass is 9.94. The van der Waals surface area contributed by atoms with Crippen molar-refractivity contribution in [2.75, 3.05) is 4.90 Å². The molecule has 3 aromatic heterocycles. The topological polar surface area (TPSA) is 119 Å². The first kappa shape index (κ1) is 24.4. The Bertz CT molecular complexity index is 1330. The Morgan fingerprint density at radius 3 is 2.51 bits per heavy atom. The van der Waals surface area contributed by atoms with Gasteiger partial charge in [-0.15, -0.1) is 10.2 Å². The average Bonchev–Trinajstić information content (AvgIpc) is 3.57. The van der Waals surface area contributed by atoms with Crippen LogP contribution in [-0.2, 0) is 16.1 Å².